The lowest BCUT2D eigenvalue weighted by Crippen LogP contribution is -2.17. The standard InChI is InChI=1S/C15H17N3O3/c1-3-16-11(2)12-8-9-17-15(10-12)21-14-6-4-13(5-7-14)18(19)20/h4-11,16H,3H2,1-2H3. The summed E-state index contributed by atoms with van der Waals surface area (Å²) in [5.41, 5.74) is 1.11. The van der Waals surface area contributed by atoms with E-state index in [4.69, 9.17) is 4.74 Å². The SMILES string of the molecule is CCNC(C)c1ccnc(Oc2ccc([N+](=O)[O-])cc2)c1. The molecule has 0 aliphatic rings. The van der Waals surface area contributed by atoms with Gasteiger partial charge in [-0.1, -0.05) is 6.92 Å². The van der Waals surface area contributed by atoms with Gasteiger partial charge in [-0.2, -0.15) is 0 Å². The number of pyridine rings is 1. The third-order valence-corrected chi connectivity index (χ3v) is 3.04. The second-order valence-electron chi connectivity index (χ2n) is 4.56. The van der Waals surface area contributed by atoms with Crippen LogP contribution in [0.5, 0.6) is 11.6 Å². The summed E-state index contributed by atoms with van der Waals surface area (Å²) in [4.78, 5) is 14.3. The van der Waals surface area contributed by atoms with E-state index in [1.807, 2.05) is 19.1 Å². The minimum atomic E-state index is -0.444. The highest BCUT2D eigenvalue weighted by molar-refractivity contribution is 5.38. The molecule has 0 bridgehead atoms. The van der Waals surface area contributed by atoms with Crippen molar-refractivity contribution >= 4 is 5.69 Å². The van der Waals surface area contributed by atoms with Gasteiger partial charge in [-0.3, -0.25) is 10.1 Å². The number of aromatic nitrogens is 1. The number of nitrogens with zero attached hydrogens (tertiary/aromatic N) is 2. The van der Waals surface area contributed by atoms with Gasteiger partial charge in [0.25, 0.3) is 5.69 Å². The van der Waals surface area contributed by atoms with Crippen LogP contribution in [0.4, 0.5) is 5.69 Å². The van der Waals surface area contributed by atoms with E-state index in [1.54, 1.807) is 18.3 Å². The van der Waals surface area contributed by atoms with Gasteiger partial charge in [-0.25, -0.2) is 4.98 Å². The number of non-ortho nitro benzene ring substituents is 1. The molecule has 0 saturated carbocycles. The van der Waals surface area contributed by atoms with Gasteiger partial charge in [0, 0.05) is 30.4 Å². The van der Waals surface area contributed by atoms with Crippen molar-refractivity contribution in [3.05, 3.63) is 58.3 Å². The Hall–Kier alpha value is -2.47. The molecular weight excluding hydrogens is 270 g/mol. The van der Waals surface area contributed by atoms with Crippen molar-refractivity contribution in [3.63, 3.8) is 0 Å². The molecule has 1 heterocycles. The zero-order valence-corrected chi connectivity index (χ0v) is 11.9. The molecule has 1 unspecified atom stereocenters. The van der Waals surface area contributed by atoms with Gasteiger partial charge < -0.3 is 10.1 Å². The predicted octanol–water partition coefficient (Wildman–Crippen LogP) is 3.45. The van der Waals surface area contributed by atoms with Crippen LogP contribution in [-0.4, -0.2) is 16.5 Å². The van der Waals surface area contributed by atoms with Gasteiger partial charge in [0.1, 0.15) is 5.75 Å². The Kier molecular flexibility index (Phi) is 4.84. The highest BCUT2D eigenvalue weighted by Gasteiger charge is 2.08. The second-order valence-corrected chi connectivity index (χ2v) is 4.56. The lowest BCUT2D eigenvalue weighted by Gasteiger charge is -2.13. The van der Waals surface area contributed by atoms with Crippen LogP contribution in [0.1, 0.15) is 25.5 Å². The minimum absolute atomic E-state index is 0.0322. The average Bonchev–Trinajstić information content (AvgIpc) is 2.48. The maximum atomic E-state index is 10.6. The summed E-state index contributed by atoms with van der Waals surface area (Å²) in [6.07, 6.45) is 1.68. The van der Waals surface area contributed by atoms with E-state index in [1.165, 1.54) is 12.1 Å². The van der Waals surface area contributed by atoms with E-state index >= 15 is 0 Å². The maximum absolute atomic E-state index is 10.6. The van der Waals surface area contributed by atoms with Gasteiger partial charge in [0.05, 0.1) is 4.92 Å². The second kappa shape index (κ2) is 6.81. The average molecular weight is 287 g/mol. The molecule has 1 N–H and O–H groups in total. The van der Waals surface area contributed by atoms with Gasteiger partial charge in [0.2, 0.25) is 5.88 Å². The van der Waals surface area contributed by atoms with E-state index < -0.39 is 4.92 Å². The van der Waals surface area contributed by atoms with Crippen molar-refractivity contribution < 1.29 is 9.66 Å². The largest absolute Gasteiger partial charge is 0.439 e. The molecule has 2 rings (SSSR count). The molecule has 1 atom stereocenters. The third kappa shape index (κ3) is 4.00. The number of benzene rings is 1. The molecular formula is C15H17N3O3. The summed E-state index contributed by atoms with van der Waals surface area (Å²) in [5, 5.41) is 13.9. The fourth-order valence-corrected chi connectivity index (χ4v) is 1.93. The van der Waals surface area contributed by atoms with E-state index in [9.17, 15) is 10.1 Å². The summed E-state index contributed by atoms with van der Waals surface area (Å²) < 4.78 is 5.62. The Morgan fingerprint density at radius 1 is 1.33 bits per heavy atom. The molecule has 110 valence electrons. The van der Waals surface area contributed by atoms with Crippen molar-refractivity contribution in [2.75, 3.05) is 6.54 Å². The van der Waals surface area contributed by atoms with Crippen LogP contribution < -0.4 is 10.1 Å². The number of ether oxygens (including phenoxy) is 1. The highest BCUT2D eigenvalue weighted by atomic mass is 16.6. The number of rotatable bonds is 6. The summed E-state index contributed by atoms with van der Waals surface area (Å²) in [7, 11) is 0. The zero-order chi connectivity index (χ0) is 15.2. The molecule has 21 heavy (non-hydrogen) atoms. The fourth-order valence-electron chi connectivity index (χ4n) is 1.93. The van der Waals surface area contributed by atoms with Gasteiger partial charge in [-0.05, 0) is 37.2 Å². The molecule has 0 aliphatic carbocycles. The smallest absolute Gasteiger partial charge is 0.269 e. The van der Waals surface area contributed by atoms with Crippen LogP contribution in [0.15, 0.2) is 42.6 Å². The first-order chi connectivity index (χ1) is 10.1. The van der Waals surface area contributed by atoms with E-state index in [2.05, 4.69) is 17.2 Å². The molecule has 2 aromatic rings. The molecule has 6 heteroatoms. The predicted molar refractivity (Wildman–Crippen MR) is 79.5 cm³/mol. The Morgan fingerprint density at radius 2 is 2.05 bits per heavy atom. The normalized spacial score (nSPS) is 11.9. The van der Waals surface area contributed by atoms with Crippen molar-refractivity contribution in [1.29, 1.82) is 0 Å². The van der Waals surface area contributed by atoms with Crippen LogP contribution in [0.25, 0.3) is 0 Å². The van der Waals surface area contributed by atoms with Gasteiger partial charge >= 0.3 is 0 Å². The number of hydrogen-bond acceptors (Lipinski definition) is 5. The fraction of sp³-hybridized carbons (Fsp3) is 0.267. The lowest BCUT2D eigenvalue weighted by molar-refractivity contribution is -0.384. The first kappa shape index (κ1) is 14.9. The summed E-state index contributed by atoms with van der Waals surface area (Å²) in [6.45, 7) is 4.99. The highest BCUT2D eigenvalue weighted by Crippen LogP contribution is 2.24. The van der Waals surface area contributed by atoms with Crippen molar-refractivity contribution in [2.24, 2.45) is 0 Å². The molecule has 0 radical (unpaired) electrons. The van der Waals surface area contributed by atoms with E-state index in [0.29, 0.717) is 11.6 Å². The van der Waals surface area contributed by atoms with Crippen molar-refractivity contribution in [3.8, 4) is 11.6 Å². The minimum Gasteiger partial charge on any atom is -0.439 e. The summed E-state index contributed by atoms with van der Waals surface area (Å²) in [5.74, 6) is 0.979. The molecule has 0 aliphatic heterocycles. The molecule has 0 fully saturated rings. The van der Waals surface area contributed by atoms with Crippen molar-refractivity contribution in [1.82, 2.24) is 10.3 Å². The summed E-state index contributed by atoms with van der Waals surface area (Å²) in [6, 6.07) is 9.91. The molecule has 0 spiro atoms. The lowest BCUT2D eigenvalue weighted by atomic mass is 10.1. The maximum Gasteiger partial charge on any atom is 0.269 e. The van der Waals surface area contributed by atoms with Crippen LogP contribution >= 0.6 is 0 Å². The monoisotopic (exact) mass is 287 g/mol. The molecule has 6 nitrogen and oxygen atoms in total. The number of hydrogen-bond donors (Lipinski definition) is 1. The van der Waals surface area contributed by atoms with E-state index in [-0.39, 0.29) is 11.7 Å². The molecule has 1 aromatic heterocycles. The molecule has 0 saturated heterocycles. The first-order valence-electron chi connectivity index (χ1n) is 6.71. The third-order valence-electron chi connectivity index (χ3n) is 3.04. The van der Waals surface area contributed by atoms with Crippen molar-refractivity contribution in [2.45, 2.75) is 19.9 Å². The zero-order valence-electron chi connectivity index (χ0n) is 11.9. The summed E-state index contributed by atoms with van der Waals surface area (Å²) >= 11 is 0. The molecule has 1 aromatic carbocycles. The Labute approximate surface area is 122 Å². The Morgan fingerprint density at radius 3 is 2.67 bits per heavy atom. The number of nitrogens with one attached hydrogen (secondary N) is 1. The molecule has 0 amide bonds. The quantitative estimate of drug-likeness (QED) is 0.650. The van der Waals surface area contributed by atoms with Crippen LogP contribution in [-0.2, 0) is 0 Å². The number of nitro groups is 1. The van der Waals surface area contributed by atoms with E-state index in [0.717, 1.165) is 12.1 Å². The van der Waals surface area contributed by atoms with Gasteiger partial charge in [-0.15, -0.1) is 0 Å². The number of nitro benzene ring substituents is 1. The topological polar surface area (TPSA) is 77.3 Å². The Balaban J connectivity index is 2.12. The van der Waals surface area contributed by atoms with Crippen LogP contribution in [0.3, 0.4) is 0 Å². The Bertz CT molecular complexity index is 614. The first-order valence-corrected chi connectivity index (χ1v) is 6.71. The van der Waals surface area contributed by atoms with Crippen LogP contribution in [0, 0.1) is 10.1 Å². The van der Waals surface area contributed by atoms with Crippen LogP contribution in [0.2, 0.25) is 0 Å². The van der Waals surface area contributed by atoms with Gasteiger partial charge in [0.15, 0.2) is 0 Å².